The molecule has 8 heteroatoms. The quantitative estimate of drug-likeness (QED) is 0.581. The summed E-state index contributed by atoms with van der Waals surface area (Å²) in [7, 11) is 0. The fourth-order valence-electron chi connectivity index (χ4n) is 2.46. The maximum atomic E-state index is 12.4. The van der Waals surface area contributed by atoms with Gasteiger partial charge in [-0.1, -0.05) is 18.2 Å². The third-order valence-electron chi connectivity index (χ3n) is 3.64. The molecule has 1 saturated heterocycles. The maximum Gasteiger partial charge on any atom is 0.422 e. The predicted molar refractivity (Wildman–Crippen MR) is 89.8 cm³/mol. The van der Waals surface area contributed by atoms with Crippen LogP contribution in [0.2, 0.25) is 0 Å². The summed E-state index contributed by atoms with van der Waals surface area (Å²) in [4.78, 5) is 4.43. The van der Waals surface area contributed by atoms with Crippen LogP contribution in [0.15, 0.2) is 29.3 Å². The van der Waals surface area contributed by atoms with Gasteiger partial charge in [0.15, 0.2) is 12.6 Å². The number of nitrogens with one attached hydrogen (secondary N) is 2. The second-order valence-electron chi connectivity index (χ2n) is 5.72. The van der Waals surface area contributed by atoms with Gasteiger partial charge in [0.1, 0.15) is 5.75 Å². The fraction of sp³-hybridized carbons (Fsp3) is 0.588. The van der Waals surface area contributed by atoms with Gasteiger partial charge < -0.3 is 20.1 Å². The second kappa shape index (κ2) is 9.50. The Labute approximate surface area is 145 Å². The van der Waals surface area contributed by atoms with Crippen LogP contribution < -0.4 is 15.4 Å². The van der Waals surface area contributed by atoms with E-state index in [-0.39, 0.29) is 18.4 Å². The average Bonchev–Trinajstić information content (AvgIpc) is 3.09. The van der Waals surface area contributed by atoms with Gasteiger partial charge in [0, 0.05) is 25.3 Å². The molecule has 1 aliphatic heterocycles. The third-order valence-corrected chi connectivity index (χ3v) is 3.64. The number of rotatable bonds is 7. The first-order valence-corrected chi connectivity index (χ1v) is 8.39. The molecule has 25 heavy (non-hydrogen) atoms. The van der Waals surface area contributed by atoms with E-state index in [1.807, 2.05) is 6.92 Å². The molecule has 0 bridgehead atoms. The second-order valence-corrected chi connectivity index (χ2v) is 5.72. The molecule has 0 saturated carbocycles. The Morgan fingerprint density at radius 2 is 2.12 bits per heavy atom. The van der Waals surface area contributed by atoms with Crippen LogP contribution in [-0.2, 0) is 11.3 Å². The molecule has 0 aromatic heterocycles. The Hall–Kier alpha value is -1.96. The zero-order chi connectivity index (χ0) is 18.1. The Morgan fingerprint density at radius 1 is 1.32 bits per heavy atom. The highest BCUT2D eigenvalue weighted by Gasteiger charge is 2.28. The van der Waals surface area contributed by atoms with Crippen LogP contribution in [0.4, 0.5) is 13.2 Å². The first-order chi connectivity index (χ1) is 12.0. The zero-order valence-electron chi connectivity index (χ0n) is 14.2. The summed E-state index contributed by atoms with van der Waals surface area (Å²) in [6, 6.07) is 6.61. The van der Waals surface area contributed by atoms with Crippen LogP contribution in [0.5, 0.6) is 5.75 Å². The molecule has 1 aromatic rings. The maximum absolute atomic E-state index is 12.4. The molecule has 1 aromatic carbocycles. The van der Waals surface area contributed by atoms with Crippen molar-refractivity contribution in [2.75, 3.05) is 26.3 Å². The number of hydrogen-bond donors (Lipinski definition) is 2. The van der Waals surface area contributed by atoms with Crippen molar-refractivity contribution in [3.63, 3.8) is 0 Å². The van der Waals surface area contributed by atoms with Crippen molar-refractivity contribution < 1.29 is 22.6 Å². The summed E-state index contributed by atoms with van der Waals surface area (Å²) in [6.07, 6.45) is -2.12. The van der Waals surface area contributed by atoms with Gasteiger partial charge in [-0.05, 0) is 25.8 Å². The van der Waals surface area contributed by atoms with Crippen LogP contribution in [0.1, 0.15) is 25.3 Å². The summed E-state index contributed by atoms with van der Waals surface area (Å²) >= 11 is 0. The Morgan fingerprint density at radius 3 is 2.80 bits per heavy atom. The van der Waals surface area contributed by atoms with E-state index >= 15 is 0 Å². The number of aliphatic imine (C=N–C) groups is 1. The standard InChI is InChI=1S/C17H24F3N3O2/c1-2-21-16(23-11-14-7-5-9-24-14)22-10-13-6-3-4-8-15(13)25-12-17(18,19)20/h3-4,6,8,14H,2,5,7,9-12H2,1H3,(H2,21,22,23). The highest BCUT2D eigenvalue weighted by Crippen LogP contribution is 2.22. The smallest absolute Gasteiger partial charge is 0.422 e. The fourth-order valence-corrected chi connectivity index (χ4v) is 2.46. The van der Waals surface area contributed by atoms with Gasteiger partial charge in [-0.3, -0.25) is 0 Å². The molecule has 0 spiro atoms. The molecule has 2 N–H and O–H groups in total. The van der Waals surface area contributed by atoms with Crippen LogP contribution in [0.25, 0.3) is 0 Å². The van der Waals surface area contributed by atoms with Gasteiger partial charge in [0.25, 0.3) is 0 Å². The highest BCUT2D eigenvalue weighted by atomic mass is 19.4. The highest BCUT2D eigenvalue weighted by molar-refractivity contribution is 5.79. The lowest BCUT2D eigenvalue weighted by Crippen LogP contribution is -2.41. The number of guanidine groups is 1. The Bertz CT molecular complexity index is 558. The molecule has 5 nitrogen and oxygen atoms in total. The summed E-state index contributed by atoms with van der Waals surface area (Å²) in [5.41, 5.74) is 0.598. The minimum atomic E-state index is -4.37. The minimum Gasteiger partial charge on any atom is -0.484 e. The lowest BCUT2D eigenvalue weighted by molar-refractivity contribution is -0.153. The van der Waals surface area contributed by atoms with E-state index in [9.17, 15) is 13.2 Å². The average molecular weight is 359 g/mol. The molecule has 2 rings (SSSR count). The number of ether oxygens (including phenoxy) is 2. The monoisotopic (exact) mass is 359 g/mol. The van der Waals surface area contributed by atoms with Crippen LogP contribution in [0.3, 0.4) is 0 Å². The predicted octanol–water partition coefficient (Wildman–Crippen LogP) is 2.86. The third kappa shape index (κ3) is 7.21. The number of benzene rings is 1. The van der Waals surface area contributed by atoms with E-state index < -0.39 is 12.8 Å². The summed E-state index contributed by atoms with van der Waals surface area (Å²) in [5.74, 6) is 0.794. The van der Waals surface area contributed by atoms with E-state index in [2.05, 4.69) is 15.6 Å². The summed E-state index contributed by atoms with van der Waals surface area (Å²) in [6.45, 7) is 2.97. The molecule has 140 valence electrons. The first-order valence-electron chi connectivity index (χ1n) is 8.39. The van der Waals surface area contributed by atoms with E-state index in [4.69, 9.17) is 9.47 Å². The van der Waals surface area contributed by atoms with Gasteiger partial charge in [-0.2, -0.15) is 13.2 Å². The van der Waals surface area contributed by atoms with Crippen molar-refractivity contribution in [1.82, 2.24) is 10.6 Å². The van der Waals surface area contributed by atoms with Crippen molar-refractivity contribution in [2.24, 2.45) is 4.99 Å². The Balaban J connectivity index is 1.96. The number of para-hydroxylation sites is 1. The van der Waals surface area contributed by atoms with Crippen LogP contribution >= 0.6 is 0 Å². The molecule has 0 radical (unpaired) electrons. The minimum absolute atomic E-state index is 0.172. The van der Waals surface area contributed by atoms with Crippen molar-refractivity contribution in [3.8, 4) is 5.75 Å². The van der Waals surface area contributed by atoms with Crippen molar-refractivity contribution >= 4 is 5.96 Å². The number of nitrogens with zero attached hydrogens (tertiary/aromatic N) is 1. The molecular formula is C17H24F3N3O2. The SMILES string of the molecule is CCNC(=NCc1ccccc1OCC(F)(F)F)NCC1CCCO1. The van der Waals surface area contributed by atoms with E-state index in [0.717, 1.165) is 19.4 Å². The molecule has 0 aliphatic carbocycles. The van der Waals surface area contributed by atoms with Gasteiger partial charge in [-0.15, -0.1) is 0 Å². The molecule has 1 atom stereocenters. The van der Waals surface area contributed by atoms with E-state index in [1.54, 1.807) is 18.2 Å². The Kier molecular flexibility index (Phi) is 7.36. The largest absolute Gasteiger partial charge is 0.484 e. The molecule has 0 amide bonds. The lowest BCUT2D eigenvalue weighted by Gasteiger charge is -2.15. The lowest BCUT2D eigenvalue weighted by atomic mass is 10.2. The number of alkyl halides is 3. The van der Waals surface area contributed by atoms with E-state index in [1.165, 1.54) is 6.07 Å². The molecule has 1 heterocycles. The summed E-state index contributed by atoms with van der Waals surface area (Å²) < 4.78 is 47.5. The van der Waals surface area contributed by atoms with Crippen molar-refractivity contribution in [2.45, 2.75) is 38.6 Å². The van der Waals surface area contributed by atoms with Crippen molar-refractivity contribution in [1.29, 1.82) is 0 Å². The zero-order valence-corrected chi connectivity index (χ0v) is 14.2. The molecular weight excluding hydrogens is 335 g/mol. The normalized spacial score (nSPS) is 18.2. The van der Waals surface area contributed by atoms with Gasteiger partial charge in [0.05, 0.1) is 12.6 Å². The molecule has 1 aliphatic rings. The van der Waals surface area contributed by atoms with Crippen LogP contribution in [0, 0.1) is 0 Å². The van der Waals surface area contributed by atoms with Crippen molar-refractivity contribution in [3.05, 3.63) is 29.8 Å². The number of halogens is 3. The summed E-state index contributed by atoms with van der Waals surface area (Å²) in [5, 5.41) is 6.32. The van der Waals surface area contributed by atoms with Gasteiger partial charge >= 0.3 is 6.18 Å². The van der Waals surface area contributed by atoms with Gasteiger partial charge in [0.2, 0.25) is 0 Å². The van der Waals surface area contributed by atoms with Crippen LogP contribution in [-0.4, -0.2) is 44.5 Å². The topological polar surface area (TPSA) is 54.9 Å². The van der Waals surface area contributed by atoms with E-state index in [0.29, 0.717) is 24.6 Å². The first kappa shape index (κ1) is 19.4. The number of hydrogen-bond acceptors (Lipinski definition) is 3. The molecule has 1 unspecified atom stereocenters. The molecule has 1 fully saturated rings. The van der Waals surface area contributed by atoms with Gasteiger partial charge in [-0.25, -0.2) is 4.99 Å².